The molecule has 8 heteroatoms. The Morgan fingerprint density at radius 3 is 2.92 bits per heavy atom. The summed E-state index contributed by atoms with van der Waals surface area (Å²) in [6.45, 7) is 0.241. The van der Waals surface area contributed by atoms with Gasteiger partial charge in [0.2, 0.25) is 11.9 Å². The lowest BCUT2D eigenvalue weighted by Gasteiger charge is -2.21. The van der Waals surface area contributed by atoms with Gasteiger partial charge < -0.3 is 19.9 Å². The number of aliphatic hydroxyl groups excluding tert-OH is 1. The van der Waals surface area contributed by atoms with Gasteiger partial charge in [-0.05, 0) is 30.5 Å². The summed E-state index contributed by atoms with van der Waals surface area (Å²) in [5, 5.41) is 23.2. The van der Waals surface area contributed by atoms with E-state index >= 15 is 0 Å². The Labute approximate surface area is 155 Å². The highest BCUT2D eigenvalue weighted by Crippen LogP contribution is 2.36. The first kappa shape index (κ1) is 16.9. The van der Waals surface area contributed by atoms with Gasteiger partial charge in [0.1, 0.15) is 0 Å². The van der Waals surface area contributed by atoms with Crippen LogP contribution in [0, 0.1) is 0 Å². The Bertz CT molecular complexity index is 719. The molecule has 25 heavy (non-hydrogen) atoms. The highest BCUT2D eigenvalue weighted by Gasteiger charge is 2.18. The van der Waals surface area contributed by atoms with Gasteiger partial charge in [-0.2, -0.15) is 0 Å². The van der Waals surface area contributed by atoms with Crippen molar-refractivity contribution in [3.05, 3.63) is 23.8 Å². The summed E-state index contributed by atoms with van der Waals surface area (Å²) in [4.78, 5) is 0. The molecule has 2 heterocycles. The summed E-state index contributed by atoms with van der Waals surface area (Å²) in [7, 11) is 0. The molecule has 1 aliphatic carbocycles. The van der Waals surface area contributed by atoms with E-state index < -0.39 is 6.10 Å². The first-order valence-electron chi connectivity index (χ1n) is 8.58. The van der Waals surface area contributed by atoms with Crippen molar-refractivity contribution in [3.63, 3.8) is 0 Å². The summed E-state index contributed by atoms with van der Waals surface area (Å²) in [5.74, 6) is 1.94. The third-order valence-electron chi connectivity index (χ3n) is 4.49. The molecular weight excluding hydrogens is 358 g/mol. The molecule has 1 atom stereocenters. The minimum absolute atomic E-state index is 0.241. The SMILES string of the molecule is O[C@@H](CSc1nnc(NC2CCCCC2)s1)c1ccc2c(c1)OCO2. The first-order chi connectivity index (χ1) is 12.3. The van der Waals surface area contributed by atoms with Crippen LogP contribution < -0.4 is 14.8 Å². The Hall–Kier alpha value is -1.51. The molecule has 1 saturated carbocycles. The minimum atomic E-state index is -0.585. The van der Waals surface area contributed by atoms with Crippen LogP contribution in [0.4, 0.5) is 5.13 Å². The van der Waals surface area contributed by atoms with Crippen molar-refractivity contribution >= 4 is 28.2 Å². The van der Waals surface area contributed by atoms with Crippen molar-refractivity contribution < 1.29 is 14.6 Å². The van der Waals surface area contributed by atoms with E-state index in [1.807, 2.05) is 18.2 Å². The third kappa shape index (κ3) is 4.19. The lowest BCUT2D eigenvalue weighted by molar-refractivity contribution is 0.173. The second-order valence-corrected chi connectivity index (χ2v) is 8.54. The summed E-state index contributed by atoms with van der Waals surface area (Å²) >= 11 is 3.08. The quantitative estimate of drug-likeness (QED) is 0.739. The van der Waals surface area contributed by atoms with Crippen LogP contribution in [0.1, 0.15) is 43.8 Å². The van der Waals surface area contributed by atoms with Crippen molar-refractivity contribution in [2.24, 2.45) is 0 Å². The Morgan fingerprint density at radius 1 is 1.20 bits per heavy atom. The van der Waals surface area contributed by atoms with Gasteiger partial charge in [-0.15, -0.1) is 10.2 Å². The normalized spacial score (nSPS) is 18.3. The molecule has 2 N–H and O–H groups in total. The number of benzene rings is 1. The second-order valence-electron chi connectivity index (χ2n) is 6.29. The minimum Gasteiger partial charge on any atom is -0.454 e. The second kappa shape index (κ2) is 7.80. The summed E-state index contributed by atoms with van der Waals surface area (Å²) < 4.78 is 11.5. The number of anilines is 1. The van der Waals surface area contributed by atoms with Gasteiger partial charge >= 0.3 is 0 Å². The van der Waals surface area contributed by atoms with Crippen LogP contribution in [0.3, 0.4) is 0 Å². The molecule has 6 nitrogen and oxygen atoms in total. The number of nitrogens with one attached hydrogen (secondary N) is 1. The lowest BCUT2D eigenvalue weighted by atomic mass is 9.96. The summed E-state index contributed by atoms with van der Waals surface area (Å²) in [6.07, 6.45) is 5.76. The lowest BCUT2D eigenvalue weighted by Crippen LogP contribution is -2.21. The number of fused-ring (bicyclic) bond motifs is 1. The van der Waals surface area contributed by atoms with Gasteiger partial charge in [-0.3, -0.25) is 0 Å². The highest BCUT2D eigenvalue weighted by atomic mass is 32.2. The predicted octanol–water partition coefficient (Wildman–Crippen LogP) is 3.84. The molecule has 1 fully saturated rings. The van der Waals surface area contributed by atoms with E-state index in [4.69, 9.17) is 9.47 Å². The molecule has 1 aliphatic heterocycles. The third-order valence-corrected chi connectivity index (χ3v) is 6.55. The first-order valence-corrected chi connectivity index (χ1v) is 10.4. The van der Waals surface area contributed by atoms with Gasteiger partial charge in [0.15, 0.2) is 15.8 Å². The molecule has 0 amide bonds. The largest absolute Gasteiger partial charge is 0.454 e. The van der Waals surface area contributed by atoms with Crippen LogP contribution in [0.5, 0.6) is 11.5 Å². The topological polar surface area (TPSA) is 76.5 Å². The van der Waals surface area contributed by atoms with E-state index in [0.29, 0.717) is 17.5 Å². The molecule has 134 valence electrons. The van der Waals surface area contributed by atoms with Gasteiger partial charge in [0.25, 0.3) is 0 Å². The van der Waals surface area contributed by atoms with Crippen LogP contribution in [-0.4, -0.2) is 33.9 Å². The zero-order chi connectivity index (χ0) is 17.1. The Morgan fingerprint density at radius 2 is 2.04 bits per heavy atom. The molecular formula is C17H21N3O3S2. The molecule has 0 bridgehead atoms. The predicted molar refractivity (Wildman–Crippen MR) is 98.7 cm³/mol. The average Bonchev–Trinajstić information content (AvgIpc) is 3.29. The smallest absolute Gasteiger partial charge is 0.231 e. The molecule has 0 radical (unpaired) electrons. The monoisotopic (exact) mass is 379 g/mol. The fraction of sp³-hybridized carbons (Fsp3) is 0.529. The van der Waals surface area contributed by atoms with Gasteiger partial charge in [-0.1, -0.05) is 48.4 Å². The number of hydrogen-bond donors (Lipinski definition) is 2. The summed E-state index contributed by atoms with van der Waals surface area (Å²) in [5.41, 5.74) is 0.821. The maximum atomic E-state index is 10.4. The Kier molecular flexibility index (Phi) is 5.28. The maximum Gasteiger partial charge on any atom is 0.231 e. The molecule has 1 aromatic carbocycles. The molecule has 1 aromatic heterocycles. The van der Waals surface area contributed by atoms with Crippen LogP contribution in [0.25, 0.3) is 0 Å². The molecule has 0 saturated heterocycles. The van der Waals surface area contributed by atoms with Crippen molar-refractivity contribution in [1.82, 2.24) is 10.2 Å². The van der Waals surface area contributed by atoms with Gasteiger partial charge in [0, 0.05) is 11.8 Å². The fourth-order valence-corrected chi connectivity index (χ4v) is 4.94. The number of nitrogens with zero attached hydrogens (tertiary/aromatic N) is 2. The van der Waals surface area contributed by atoms with Crippen molar-refractivity contribution in [1.29, 1.82) is 0 Å². The molecule has 2 aliphatic rings. The van der Waals surface area contributed by atoms with E-state index in [0.717, 1.165) is 20.8 Å². The van der Waals surface area contributed by atoms with Crippen LogP contribution in [0.2, 0.25) is 0 Å². The van der Waals surface area contributed by atoms with Gasteiger partial charge in [-0.25, -0.2) is 0 Å². The van der Waals surface area contributed by atoms with Crippen molar-refractivity contribution in [3.8, 4) is 11.5 Å². The van der Waals surface area contributed by atoms with Crippen LogP contribution in [-0.2, 0) is 0 Å². The van der Waals surface area contributed by atoms with E-state index in [2.05, 4.69) is 15.5 Å². The van der Waals surface area contributed by atoms with E-state index in [1.54, 1.807) is 11.3 Å². The number of hydrogen-bond acceptors (Lipinski definition) is 8. The zero-order valence-electron chi connectivity index (χ0n) is 13.8. The van der Waals surface area contributed by atoms with E-state index in [1.165, 1.54) is 43.9 Å². The Balaban J connectivity index is 1.30. The van der Waals surface area contributed by atoms with Crippen molar-refractivity contribution in [2.45, 2.75) is 48.6 Å². The number of rotatable bonds is 6. The molecule has 4 rings (SSSR count). The number of aliphatic hydroxyl groups is 1. The maximum absolute atomic E-state index is 10.4. The fourth-order valence-electron chi connectivity index (χ4n) is 3.11. The van der Waals surface area contributed by atoms with Crippen molar-refractivity contribution in [2.75, 3.05) is 17.9 Å². The van der Waals surface area contributed by atoms with Crippen LogP contribution in [0.15, 0.2) is 22.5 Å². The number of aromatic nitrogens is 2. The number of thioether (sulfide) groups is 1. The van der Waals surface area contributed by atoms with Gasteiger partial charge in [0.05, 0.1) is 6.10 Å². The van der Waals surface area contributed by atoms with Crippen LogP contribution >= 0.6 is 23.1 Å². The molecule has 0 spiro atoms. The zero-order valence-corrected chi connectivity index (χ0v) is 15.4. The highest BCUT2D eigenvalue weighted by molar-refractivity contribution is 8.01. The number of ether oxygens (including phenoxy) is 2. The van der Waals surface area contributed by atoms with E-state index in [9.17, 15) is 5.11 Å². The average molecular weight is 380 g/mol. The standard InChI is InChI=1S/C17H21N3O3S2/c21-13(11-6-7-14-15(8-11)23-10-22-14)9-24-17-20-19-16(25-17)18-12-4-2-1-3-5-12/h6-8,12-13,21H,1-5,9-10H2,(H,18,19)/t13-/m0/s1. The summed E-state index contributed by atoms with van der Waals surface area (Å²) in [6, 6.07) is 6.07. The molecule has 2 aromatic rings. The molecule has 0 unspecified atom stereocenters. The van der Waals surface area contributed by atoms with E-state index in [-0.39, 0.29) is 6.79 Å².